The average molecular weight is 400 g/mol. The molecule has 0 aliphatic rings. The van der Waals surface area contributed by atoms with Gasteiger partial charge in [-0.1, -0.05) is 24.3 Å². The molecule has 4 N–H and O–H groups in total. The lowest BCUT2D eigenvalue weighted by molar-refractivity contribution is 0.0828. The Hall–Kier alpha value is -4.20. The molecule has 8 heteroatoms. The van der Waals surface area contributed by atoms with Crippen LogP contribution < -0.4 is 17.0 Å². The normalized spacial score (nSPS) is 10.9. The van der Waals surface area contributed by atoms with Crippen molar-refractivity contribution in [2.75, 3.05) is 25.6 Å². The van der Waals surface area contributed by atoms with E-state index in [1.165, 1.54) is 9.47 Å². The number of para-hydroxylation sites is 1. The van der Waals surface area contributed by atoms with Crippen molar-refractivity contribution in [3.8, 4) is 16.8 Å². The van der Waals surface area contributed by atoms with Gasteiger partial charge in [-0.25, -0.2) is 14.5 Å². The van der Waals surface area contributed by atoms with E-state index in [0.717, 1.165) is 0 Å². The maximum atomic E-state index is 13.2. The molecule has 4 aromatic rings. The van der Waals surface area contributed by atoms with Gasteiger partial charge in [0.2, 0.25) is 5.95 Å². The number of amides is 1. The predicted molar refractivity (Wildman–Crippen MR) is 117 cm³/mol. The van der Waals surface area contributed by atoms with Crippen LogP contribution in [0.2, 0.25) is 0 Å². The van der Waals surface area contributed by atoms with E-state index < -0.39 is 0 Å². The molecule has 0 saturated heterocycles. The first kappa shape index (κ1) is 19.1. The maximum Gasteiger partial charge on any atom is 0.267 e. The molecular formula is C22H20N6O2. The lowest BCUT2D eigenvalue weighted by atomic mass is 10.0. The first-order chi connectivity index (χ1) is 14.4. The number of anilines is 2. The number of nitrogens with two attached hydrogens (primary N) is 2. The Morgan fingerprint density at radius 2 is 1.73 bits per heavy atom. The van der Waals surface area contributed by atoms with Crippen molar-refractivity contribution in [1.82, 2.24) is 19.4 Å². The minimum atomic E-state index is -0.279. The lowest BCUT2D eigenvalue weighted by Gasteiger charge is -2.13. The summed E-state index contributed by atoms with van der Waals surface area (Å²) in [6, 6.07) is 16.0. The van der Waals surface area contributed by atoms with Gasteiger partial charge in [-0.15, -0.1) is 0 Å². The van der Waals surface area contributed by atoms with Crippen LogP contribution in [-0.2, 0) is 0 Å². The standard InChI is InChI=1S/C22H20N6O2/c1-27(2)20(29)17-11-14(12-25-19(17)23)13-8-9-18-16(10-13)21(30)28(22(24)26-18)15-6-4-3-5-7-15/h3-12H,1-2H3,(H2,23,25)(H2,24,26). The van der Waals surface area contributed by atoms with Crippen molar-refractivity contribution in [3.05, 3.63) is 76.7 Å². The van der Waals surface area contributed by atoms with E-state index >= 15 is 0 Å². The van der Waals surface area contributed by atoms with Crippen molar-refractivity contribution in [3.63, 3.8) is 0 Å². The average Bonchev–Trinajstić information content (AvgIpc) is 2.74. The topological polar surface area (TPSA) is 120 Å². The van der Waals surface area contributed by atoms with Gasteiger partial charge in [0.25, 0.3) is 11.5 Å². The molecular weight excluding hydrogens is 380 g/mol. The van der Waals surface area contributed by atoms with Gasteiger partial charge in [0.1, 0.15) is 5.82 Å². The van der Waals surface area contributed by atoms with Crippen LogP contribution in [0.4, 0.5) is 11.8 Å². The molecule has 2 aromatic heterocycles. The molecule has 2 heterocycles. The number of fused-ring (bicyclic) bond motifs is 1. The number of nitrogens with zero attached hydrogens (tertiary/aromatic N) is 4. The molecule has 30 heavy (non-hydrogen) atoms. The molecule has 0 saturated carbocycles. The fraction of sp³-hybridized carbons (Fsp3) is 0.0909. The Bertz CT molecular complexity index is 1330. The molecule has 0 unspecified atom stereocenters. The number of benzene rings is 2. The van der Waals surface area contributed by atoms with Crippen LogP contribution in [0.15, 0.2) is 65.6 Å². The molecule has 1 amide bonds. The van der Waals surface area contributed by atoms with Crippen LogP contribution >= 0.6 is 0 Å². The Morgan fingerprint density at radius 1 is 1.00 bits per heavy atom. The van der Waals surface area contributed by atoms with Gasteiger partial charge in [-0.2, -0.15) is 0 Å². The van der Waals surface area contributed by atoms with Crippen molar-refractivity contribution in [2.24, 2.45) is 0 Å². The zero-order valence-corrected chi connectivity index (χ0v) is 16.5. The number of hydrogen-bond acceptors (Lipinski definition) is 6. The zero-order chi connectivity index (χ0) is 21.4. The van der Waals surface area contributed by atoms with Gasteiger partial charge in [0.15, 0.2) is 0 Å². The monoisotopic (exact) mass is 400 g/mol. The lowest BCUT2D eigenvalue weighted by Crippen LogP contribution is -2.23. The van der Waals surface area contributed by atoms with E-state index in [4.69, 9.17) is 11.5 Å². The molecule has 2 aromatic carbocycles. The summed E-state index contributed by atoms with van der Waals surface area (Å²) in [6.45, 7) is 0. The maximum absolute atomic E-state index is 13.2. The predicted octanol–water partition coefficient (Wildman–Crippen LogP) is 2.31. The van der Waals surface area contributed by atoms with E-state index in [-0.39, 0.29) is 23.2 Å². The minimum absolute atomic E-state index is 0.111. The van der Waals surface area contributed by atoms with Crippen LogP contribution in [0, 0.1) is 0 Å². The molecule has 150 valence electrons. The van der Waals surface area contributed by atoms with E-state index in [1.54, 1.807) is 56.7 Å². The van der Waals surface area contributed by atoms with Crippen LogP contribution in [0.5, 0.6) is 0 Å². The molecule has 8 nitrogen and oxygen atoms in total. The Kier molecular flexibility index (Phi) is 4.67. The van der Waals surface area contributed by atoms with Gasteiger partial charge in [-0.3, -0.25) is 9.59 Å². The number of pyridine rings is 1. The number of rotatable bonds is 3. The highest BCUT2D eigenvalue weighted by atomic mass is 16.2. The van der Waals surface area contributed by atoms with Crippen LogP contribution in [-0.4, -0.2) is 39.4 Å². The van der Waals surface area contributed by atoms with Crippen molar-refractivity contribution < 1.29 is 4.79 Å². The summed E-state index contributed by atoms with van der Waals surface area (Å²) in [7, 11) is 3.29. The Morgan fingerprint density at radius 3 is 2.43 bits per heavy atom. The third kappa shape index (κ3) is 3.24. The summed E-state index contributed by atoms with van der Waals surface area (Å²) in [5.41, 5.74) is 14.5. The second-order valence-corrected chi connectivity index (χ2v) is 7.03. The zero-order valence-electron chi connectivity index (χ0n) is 16.5. The summed E-state index contributed by atoms with van der Waals surface area (Å²) in [5, 5.41) is 0.405. The molecule has 0 aliphatic heterocycles. The number of carbonyl (C=O) groups is 1. The second kappa shape index (κ2) is 7.32. The quantitative estimate of drug-likeness (QED) is 0.544. The molecule has 0 aliphatic carbocycles. The number of carbonyl (C=O) groups excluding carboxylic acids is 1. The highest BCUT2D eigenvalue weighted by Crippen LogP contribution is 2.25. The Labute approximate surface area is 172 Å². The van der Waals surface area contributed by atoms with Gasteiger partial charge >= 0.3 is 0 Å². The van der Waals surface area contributed by atoms with E-state index in [0.29, 0.717) is 33.3 Å². The summed E-state index contributed by atoms with van der Waals surface area (Å²) in [4.78, 5) is 35.5. The van der Waals surface area contributed by atoms with Crippen LogP contribution in [0.1, 0.15) is 10.4 Å². The van der Waals surface area contributed by atoms with E-state index in [2.05, 4.69) is 9.97 Å². The molecule has 0 fully saturated rings. The highest BCUT2D eigenvalue weighted by molar-refractivity contribution is 5.99. The third-order valence-electron chi connectivity index (χ3n) is 4.80. The summed E-state index contributed by atoms with van der Waals surface area (Å²) in [6.07, 6.45) is 1.57. The number of aromatic nitrogens is 3. The Balaban J connectivity index is 1.90. The molecule has 4 rings (SSSR count). The molecule has 0 radical (unpaired) electrons. The highest BCUT2D eigenvalue weighted by Gasteiger charge is 2.16. The second-order valence-electron chi connectivity index (χ2n) is 7.03. The molecule has 0 bridgehead atoms. The van der Waals surface area contributed by atoms with Crippen molar-refractivity contribution >= 4 is 28.6 Å². The van der Waals surface area contributed by atoms with E-state index in [9.17, 15) is 9.59 Å². The van der Waals surface area contributed by atoms with Gasteiger partial charge < -0.3 is 16.4 Å². The SMILES string of the molecule is CN(C)C(=O)c1cc(-c2ccc3nc(N)n(-c4ccccc4)c(=O)c3c2)cnc1N. The van der Waals surface area contributed by atoms with E-state index in [1.807, 2.05) is 18.2 Å². The summed E-state index contributed by atoms with van der Waals surface area (Å²) in [5.74, 6) is 0.0158. The third-order valence-corrected chi connectivity index (χ3v) is 4.80. The number of nitrogen functional groups attached to an aromatic ring is 2. The molecule has 0 atom stereocenters. The summed E-state index contributed by atoms with van der Waals surface area (Å²) < 4.78 is 1.37. The largest absolute Gasteiger partial charge is 0.383 e. The van der Waals surface area contributed by atoms with Crippen LogP contribution in [0.25, 0.3) is 27.7 Å². The number of hydrogen-bond donors (Lipinski definition) is 2. The van der Waals surface area contributed by atoms with Crippen molar-refractivity contribution in [2.45, 2.75) is 0 Å². The molecule has 0 spiro atoms. The fourth-order valence-electron chi connectivity index (χ4n) is 3.25. The first-order valence-electron chi connectivity index (χ1n) is 9.22. The van der Waals surface area contributed by atoms with Gasteiger partial charge in [0.05, 0.1) is 22.2 Å². The van der Waals surface area contributed by atoms with Crippen LogP contribution in [0.3, 0.4) is 0 Å². The first-order valence-corrected chi connectivity index (χ1v) is 9.22. The van der Waals surface area contributed by atoms with Gasteiger partial charge in [-0.05, 0) is 35.9 Å². The smallest absolute Gasteiger partial charge is 0.267 e. The summed E-state index contributed by atoms with van der Waals surface area (Å²) >= 11 is 0. The minimum Gasteiger partial charge on any atom is -0.383 e. The van der Waals surface area contributed by atoms with Gasteiger partial charge in [0, 0.05) is 25.9 Å². The van der Waals surface area contributed by atoms with Crippen molar-refractivity contribution in [1.29, 1.82) is 0 Å². The fourth-order valence-corrected chi connectivity index (χ4v) is 3.25.